The second kappa shape index (κ2) is 9.58. The molecule has 0 unspecified atom stereocenters. The molecular formula is C24H33FN4O+2. The van der Waals surface area contributed by atoms with Crippen LogP contribution in [0.2, 0.25) is 0 Å². The molecule has 4 rings (SSSR count). The predicted octanol–water partition coefficient (Wildman–Crippen LogP) is -0.234. The van der Waals surface area contributed by atoms with Crippen LogP contribution in [0.25, 0.3) is 0 Å². The predicted molar refractivity (Wildman–Crippen MR) is 116 cm³/mol. The first-order valence-corrected chi connectivity index (χ1v) is 11.1. The van der Waals surface area contributed by atoms with Gasteiger partial charge in [-0.25, -0.2) is 4.39 Å². The van der Waals surface area contributed by atoms with E-state index >= 15 is 0 Å². The van der Waals surface area contributed by atoms with Crippen LogP contribution in [0.4, 0.5) is 10.1 Å². The van der Waals surface area contributed by atoms with Crippen molar-refractivity contribution in [2.24, 2.45) is 0 Å². The molecule has 6 heteroatoms. The molecule has 2 aromatic rings. The number of nitrogens with zero attached hydrogens (tertiary/aromatic N) is 2. The molecule has 0 saturated carbocycles. The minimum absolute atomic E-state index is 0.187. The van der Waals surface area contributed by atoms with Crippen LogP contribution in [0.1, 0.15) is 11.1 Å². The smallest absolute Gasteiger partial charge is 0.277 e. The number of hydrogen-bond acceptors (Lipinski definition) is 2. The first kappa shape index (κ1) is 20.8. The Hall–Kier alpha value is -2.44. The Kier molecular flexibility index (Phi) is 6.65. The SMILES string of the molecule is Cc1ccccc1C[NH+]1CC[NH+](CC(=O)N2CCN(c3ccccc3F)CC2)CC1. The number of para-hydroxylation sites is 1. The zero-order valence-electron chi connectivity index (χ0n) is 17.9. The fourth-order valence-electron chi connectivity index (χ4n) is 4.62. The third-order valence-corrected chi connectivity index (χ3v) is 6.59. The van der Waals surface area contributed by atoms with Gasteiger partial charge in [0.15, 0.2) is 6.54 Å². The van der Waals surface area contributed by atoms with E-state index < -0.39 is 0 Å². The molecule has 2 aliphatic heterocycles. The number of benzene rings is 2. The van der Waals surface area contributed by atoms with E-state index in [1.807, 2.05) is 21.9 Å². The molecule has 0 atom stereocenters. The van der Waals surface area contributed by atoms with Crippen LogP contribution >= 0.6 is 0 Å². The average molecular weight is 413 g/mol. The van der Waals surface area contributed by atoms with Gasteiger partial charge in [-0.3, -0.25) is 4.79 Å². The highest BCUT2D eigenvalue weighted by Crippen LogP contribution is 2.20. The molecule has 0 radical (unpaired) electrons. The minimum atomic E-state index is -0.187. The number of quaternary nitrogens is 2. The van der Waals surface area contributed by atoms with Gasteiger partial charge in [-0.1, -0.05) is 36.4 Å². The van der Waals surface area contributed by atoms with Crippen molar-refractivity contribution < 1.29 is 19.0 Å². The maximum absolute atomic E-state index is 14.0. The van der Waals surface area contributed by atoms with E-state index in [1.54, 1.807) is 11.0 Å². The van der Waals surface area contributed by atoms with Crippen molar-refractivity contribution in [3.63, 3.8) is 0 Å². The molecule has 0 aromatic heterocycles. The van der Waals surface area contributed by atoms with Crippen LogP contribution in [-0.2, 0) is 11.3 Å². The van der Waals surface area contributed by atoms with Gasteiger partial charge in [0, 0.05) is 31.7 Å². The van der Waals surface area contributed by atoms with Crippen molar-refractivity contribution in [2.45, 2.75) is 13.5 Å². The van der Waals surface area contributed by atoms with Crippen molar-refractivity contribution in [1.29, 1.82) is 0 Å². The number of carbonyl (C=O) groups is 1. The van der Waals surface area contributed by atoms with Crippen LogP contribution in [0, 0.1) is 12.7 Å². The monoisotopic (exact) mass is 412 g/mol. The molecule has 2 heterocycles. The Morgan fingerprint density at radius 1 is 0.900 bits per heavy atom. The van der Waals surface area contributed by atoms with Crippen molar-refractivity contribution in [3.8, 4) is 0 Å². The number of aryl methyl sites for hydroxylation is 1. The molecule has 2 N–H and O–H groups in total. The number of rotatable bonds is 5. The van der Waals surface area contributed by atoms with Crippen molar-refractivity contribution in [1.82, 2.24) is 4.90 Å². The lowest BCUT2D eigenvalue weighted by molar-refractivity contribution is -1.02. The molecule has 2 aromatic carbocycles. The summed E-state index contributed by atoms with van der Waals surface area (Å²) in [6, 6.07) is 15.5. The zero-order chi connectivity index (χ0) is 20.9. The highest BCUT2D eigenvalue weighted by molar-refractivity contribution is 5.77. The number of halogens is 1. The van der Waals surface area contributed by atoms with E-state index in [2.05, 4.69) is 31.2 Å². The number of hydrogen-bond donors (Lipinski definition) is 2. The lowest BCUT2D eigenvalue weighted by Gasteiger charge is -2.37. The Morgan fingerprint density at radius 2 is 1.53 bits per heavy atom. The molecule has 2 aliphatic rings. The summed E-state index contributed by atoms with van der Waals surface area (Å²) in [4.78, 5) is 19.8. The summed E-state index contributed by atoms with van der Waals surface area (Å²) in [5.41, 5.74) is 3.44. The summed E-state index contributed by atoms with van der Waals surface area (Å²) in [6.07, 6.45) is 0. The normalized spacial score (nSPS) is 22.2. The molecular weight excluding hydrogens is 379 g/mol. The Balaban J connectivity index is 1.21. The van der Waals surface area contributed by atoms with E-state index in [0.717, 1.165) is 32.7 Å². The molecule has 0 aliphatic carbocycles. The van der Waals surface area contributed by atoms with E-state index in [9.17, 15) is 9.18 Å². The highest BCUT2D eigenvalue weighted by Gasteiger charge is 2.29. The second-order valence-electron chi connectivity index (χ2n) is 8.60. The fraction of sp³-hybridized carbons (Fsp3) is 0.458. The Labute approximate surface area is 178 Å². The maximum Gasteiger partial charge on any atom is 0.277 e. The number of nitrogens with one attached hydrogen (secondary N) is 2. The van der Waals surface area contributed by atoms with Crippen LogP contribution in [0.5, 0.6) is 0 Å². The van der Waals surface area contributed by atoms with Gasteiger partial charge in [0.1, 0.15) is 38.5 Å². The van der Waals surface area contributed by atoms with Crippen LogP contribution in [-0.4, -0.2) is 69.7 Å². The molecule has 160 valence electrons. The molecule has 1 amide bonds. The van der Waals surface area contributed by atoms with E-state index in [4.69, 9.17) is 0 Å². The first-order chi connectivity index (χ1) is 14.6. The molecule has 0 bridgehead atoms. The number of anilines is 1. The highest BCUT2D eigenvalue weighted by atomic mass is 19.1. The van der Waals surface area contributed by atoms with Crippen molar-refractivity contribution >= 4 is 11.6 Å². The van der Waals surface area contributed by atoms with Crippen molar-refractivity contribution in [2.75, 3.05) is 63.8 Å². The summed E-state index contributed by atoms with van der Waals surface area (Å²) in [5, 5.41) is 0. The lowest BCUT2D eigenvalue weighted by Crippen LogP contribution is -3.28. The van der Waals surface area contributed by atoms with E-state index in [-0.39, 0.29) is 11.7 Å². The Bertz CT molecular complexity index is 858. The summed E-state index contributed by atoms with van der Waals surface area (Å²) in [6.45, 7) is 10.9. The Morgan fingerprint density at radius 3 is 2.23 bits per heavy atom. The summed E-state index contributed by atoms with van der Waals surface area (Å²) in [5.74, 6) is 0.0494. The topological polar surface area (TPSA) is 32.4 Å². The fourth-order valence-corrected chi connectivity index (χ4v) is 4.62. The van der Waals surface area contributed by atoms with E-state index in [0.29, 0.717) is 38.4 Å². The van der Waals surface area contributed by atoms with Gasteiger partial charge in [-0.15, -0.1) is 0 Å². The molecule has 2 fully saturated rings. The summed E-state index contributed by atoms with van der Waals surface area (Å²) < 4.78 is 14.0. The maximum atomic E-state index is 14.0. The van der Waals surface area contributed by atoms with Crippen LogP contribution in [0.15, 0.2) is 48.5 Å². The van der Waals surface area contributed by atoms with Gasteiger partial charge in [-0.05, 0) is 24.6 Å². The summed E-state index contributed by atoms with van der Waals surface area (Å²) >= 11 is 0. The number of piperazine rings is 2. The molecule has 2 saturated heterocycles. The van der Waals surface area contributed by atoms with Gasteiger partial charge in [0.25, 0.3) is 5.91 Å². The van der Waals surface area contributed by atoms with Crippen molar-refractivity contribution in [3.05, 3.63) is 65.5 Å². The van der Waals surface area contributed by atoms with Gasteiger partial charge in [-0.2, -0.15) is 0 Å². The largest absolute Gasteiger partial charge is 0.366 e. The lowest BCUT2D eigenvalue weighted by atomic mass is 10.1. The van der Waals surface area contributed by atoms with Gasteiger partial charge in [0.05, 0.1) is 5.69 Å². The minimum Gasteiger partial charge on any atom is -0.366 e. The standard InChI is InChI=1S/C24H31FN4O/c1-20-6-2-3-7-21(20)18-26-10-12-27(13-11-26)19-24(30)29-16-14-28(15-17-29)23-9-5-4-8-22(23)25/h2-9H,10-19H2,1H3/p+2. The van der Waals surface area contributed by atoms with Gasteiger partial charge < -0.3 is 19.6 Å². The third kappa shape index (κ3) is 4.99. The van der Waals surface area contributed by atoms with Crippen LogP contribution < -0.4 is 14.7 Å². The molecule has 30 heavy (non-hydrogen) atoms. The zero-order valence-corrected chi connectivity index (χ0v) is 17.9. The number of carbonyl (C=O) groups excluding carboxylic acids is 1. The van der Waals surface area contributed by atoms with Crippen LogP contribution in [0.3, 0.4) is 0 Å². The van der Waals surface area contributed by atoms with E-state index in [1.165, 1.54) is 22.1 Å². The quantitative estimate of drug-likeness (QED) is 0.711. The number of amides is 1. The molecule has 5 nitrogen and oxygen atoms in total. The van der Waals surface area contributed by atoms with Gasteiger partial charge in [0.2, 0.25) is 0 Å². The van der Waals surface area contributed by atoms with Gasteiger partial charge >= 0.3 is 0 Å². The second-order valence-corrected chi connectivity index (χ2v) is 8.60. The average Bonchev–Trinajstić information content (AvgIpc) is 2.77. The summed E-state index contributed by atoms with van der Waals surface area (Å²) in [7, 11) is 0. The third-order valence-electron chi connectivity index (χ3n) is 6.59. The first-order valence-electron chi connectivity index (χ1n) is 11.1. The molecule has 0 spiro atoms.